The Morgan fingerprint density at radius 1 is 1.06 bits per heavy atom. The number of hydrogen-bond donors (Lipinski definition) is 0. The first-order valence-electron chi connectivity index (χ1n) is 5.41. The SMILES string of the molecule is CC(C)C1C(=O)OC(=O)C1c1ccccc1. The lowest BCUT2D eigenvalue weighted by Gasteiger charge is -2.16. The van der Waals surface area contributed by atoms with E-state index >= 15 is 0 Å². The molecule has 0 amide bonds. The van der Waals surface area contributed by atoms with Crippen LogP contribution in [0.3, 0.4) is 0 Å². The van der Waals surface area contributed by atoms with Crippen LogP contribution in [0.4, 0.5) is 0 Å². The van der Waals surface area contributed by atoms with E-state index in [0.717, 1.165) is 5.56 Å². The van der Waals surface area contributed by atoms with Gasteiger partial charge in [-0.3, -0.25) is 9.59 Å². The lowest BCUT2D eigenvalue weighted by Crippen LogP contribution is -2.21. The van der Waals surface area contributed by atoms with Crippen molar-refractivity contribution in [2.24, 2.45) is 11.8 Å². The van der Waals surface area contributed by atoms with Crippen molar-refractivity contribution in [1.29, 1.82) is 0 Å². The second kappa shape index (κ2) is 4.08. The van der Waals surface area contributed by atoms with Gasteiger partial charge in [0.05, 0.1) is 11.8 Å². The number of benzene rings is 1. The van der Waals surface area contributed by atoms with Crippen molar-refractivity contribution in [3.05, 3.63) is 35.9 Å². The third-order valence-electron chi connectivity index (χ3n) is 2.96. The summed E-state index contributed by atoms with van der Waals surface area (Å²) in [5, 5.41) is 0. The van der Waals surface area contributed by atoms with Crippen molar-refractivity contribution >= 4 is 11.9 Å². The third kappa shape index (κ3) is 1.73. The highest BCUT2D eigenvalue weighted by molar-refractivity contribution is 5.99. The molecule has 1 aliphatic rings. The Balaban J connectivity index is 2.38. The van der Waals surface area contributed by atoms with E-state index in [1.165, 1.54) is 0 Å². The molecule has 2 rings (SSSR count). The number of carbonyl (C=O) groups excluding carboxylic acids is 2. The van der Waals surface area contributed by atoms with E-state index in [0.29, 0.717) is 0 Å². The second-order valence-electron chi connectivity index (χ2n) is 4.40. The summed E-state index contributed by atoms with van der Waals surface area (Å²) in [6, 6.07) is 9.33. The Kier molecular flexibility index (Phi) is 2.77. The summed E-state index contributed by atoms with van der Waals surface area (Å²) in [5.74, 6) is -1.50. The smallest absolute Gasteiger partial charge is 0.321 e. The molecule has 2 atom stereocenters. The fourth-order valence-corrected chi connectivity index (χ4v) is 2.17. The highest BCUT2D eigenvalue weighted by atomic mass is 16.6. The summed E-state index contributed by atoms with van der Waals surface area (Å²) in [4.78, 5) is 23.2. The average molecular weight is 218 g/mol. The Morgan fingerprint density at radius 2 is 1.69 bits per heavy atom. The summed E-state index contributed by atoms with van der Waals surface area (Å²) in [7, 11) is 0. The van der Waals surface area contributed by atoms with Crippen LogP contribution in [-0.4, -0.2) is 11.9 Å². The van der Waals surface area contributed by atoms with Crippen LogP contribution < -0.4 is 0 Å². The molecule has 16 heavy (non-hydrogen) atoms. The largest absolute Gasteiger partial charge is 0.392 e. The highest BCUT2D eigenvalue weighted by Gasteiger charge is 2.46. The van der Waals surface area contributed by atoms with Gasteiger partial charge in [-0.15, -0.1) is 0 Å². The predicted molar refractivity (Wildman–Crippen MR) is 58.6 cm³/mol. The van der Waals surface area contributed by atoms with Crippen molar-refractivity contribution in [3.8, 4) is 0 Å². The zero-order chi connectivity index (χ0) is 11.7. The Morgan fingerprint density at radius 3 is 2.25 bits per heavy atom. The topological polar surface area (TPSA) is 43.4 Å². The summed E-state index contributed by atoms with van der Waals surface area (Å²) in [5.41, 5.74) is 0.858. The lowest BCUT2D eigenvalue weighted by molar-refractivity contribution is -0.153. The van der Waals surface area contributed by atoms with E-state index in [2.05, 4.69) is 0 Å². The zero-order valence-electron chi connectivity index (χ0n) is 9.34. The minimum Gasteiger partial charge on any atom is -0.392 e. The molecule has 1 aromatic carbocycles. The van der Waals surface area contributed by atoms with E-state index in [4.69, 9.17) is 4.74 Å². The maximum absolute atomic E-state index is 11.7. The standard InChI is InChI=1S/C13H14O3/c1-8(2)10-11(13(15)16-12(10)14)9-6-4-3-5-7-9/h3-8,10-11H,1-2H3. The molecule has 0 saturated carbocycles. The number of rotatable bonds is 2. The molecule has 1 aliphatic heterocycles. The number of esters is 2. The molecule has 3 nitrogen and oxygen atoms in total. The predicted octanol–water partition coefficient (Wildman–Crippen LogP) is 2.13. The van der Waals surface area contributed by atoms with E-state index in [1.54, 1.807) is 0 Å². The van der Waals surface area contributed by atoms with E-state index < -0.39 is 17.9 Å². The van der Waals surface area contributed by atoms with Crippen LogP contribution in [0.15, 0.2) is 30.3 Å². The number of cyclic esters (lactones) is 2. The van der Waals surface area contributed by atoms with Crippen molar-refractivity contribution in [1.82, 2.24) is 0 Å². The molecule has 0 bridgehead atoms. The van der Waals surface area contributed by atoms with Gasteiger partial charge in [-0.2, -0.15) is 0 Å². The van der Waals surface area contributed by atoms with E-state index in [9.17, 15) is 9.59 Å². The van der Waals surface area contributed by atoms with Crippen LogP contribution >= 0.6 is 0 Å². The monoisotopic (exact) mass is 218 g/mol. The quantitative estimate of drug-likeness (QED) is 0.564. The van der Waals surface area contributed by atoms with Crippen LogP contribution in [-0.2, 0) is 14.3 Å². The molecule has 1 heterocycles. The first-order chi connectivity index (χ1) is 7.61. The van der Waals surface area contributed by atoms with Gasteiger partial charge in [-0.05, 0) is 11.5 Å². The molecule has 0 N–H and O–H groups in total. The van der Waals surface area contributed by atoms with Crippen LogP contribution in [0.1, 0.15) is 25.3 Å². The Bertz CT molecular complexity index is 408. The van der Waals surface area contributed by atoms with Crippen LogP contribution in [0.25, 0.3) is 0 Å². The maximum Gasteiger partial charge on any atom is 0.321 e. The number of ether oxygens (including phenoxy) is 1. The molecule has 2 unspecified atom stereocenters. The summed E-state index contributed by atoms with van der Waals surface area (Å²) >= 11 is 0. The Hall–Kier alpha value is -1.64. The van der Waals surface area contributed by atoms with Crippen LogP contribution in [0.2, 0.25) is 0 Å². The molecule has 3 heteroatoms. The van der Waals surface area contributed by atoms with Gasteiger partial charge in [0, 0.05) is 0 Å². The molecular formula is C13H14O3. The van der Waals surface area contributed by atoms with Gasteiger partial charge >= 0.3 is 11.9 Å². The molecule has 0 aliphatic carbocycles. The minimum absolute atomic E-state index is 0.101. The van der Waals surface area contributed by atoms with Gasteiger partial charge in [-0.1, -0.05) is 44.2 Å². The van der Waals surface area contributed by atoms with Crippen LogP contribution in [0, 0.1) is 11.8 Å². The minimum atomic E-state index is -0.436. The fourth-order valence-electron chi connectivity index (χ4n) is 2.17. The first-order valence-corrected chi connectivity index (χ1v) is 5.41. The van der Waals surface area contributed by atoms with Gasteiger partial charge in [0.15, 0.2) is 0 Å². The number of hydrogen-bond acceptors (Lipinski definition) is 3. The average Bonchev–Trinajstić information content (AvgIpc) is 2.55. The molecule has 0 spiro atoms. The lowest BCUT2D eigenvalue weighted by atomic mass is 9.81. The molecule has 1 fully saturated rings. The van der Waals surface area contributed by atoms with Crippen molar-refractivity contribution in [2.45, 2.75) is 19.8 Å². The van der Waals surface area contributed by atoms with E-state index in [1.807, 2.05) is 44.2 Å². The van der Waals surface area contributed by atoms with Crippen molar-refractivity contribution in [3.63, 3.8) is 0 Å². The Labute approximate surface area is 94.4 Å². The second-order valence-corrected chi connectivity index (χ2v) is 4.40. The molecule has 0 aromatic heterocycles. The highest BCUT2D eigenvalue weighted by Crippen LogP contribution is 2.37. The maximum atomic E-state index is 11.7. The summed E-state index contributed by atoms with van der Waals surface area (Å²) in [6.45, 7) is 3.86. The number of carbonyl (C=O) groups is 2. The van der Waals surface area contributed by atoms with Crippen molar-refractivity contribution < 1.29 is 14.3 Å². The fraction of sp³-hybridized carbons (Fsp3) is 0.385. The molecule has 1 aromatic rings. The molecule has 0 radical (unpaired) electrons. The molecular weight excluding hydrogens is 204 g/mol. The first kappa shape index (κ1) is 10.9. The molecule has 1 saturated heterocycles. The van der Waals surface area contributed by atoms with Crippen LogP contribution in [0.5, 0.6) is 0 Å². The van der Waals surface area contributed by atoms with Crippen molar-refractivity contribution in [2.75, 3.05) is 0 Å². The summed E-state index contributed by atoms with van der Waals surface area (Å²) < 4.78 is 4.72. The van der Waals surface area contributed by atoms with Gasteiger partial charge < -0.3 is 4.74 Å². The molecule has 84 valence electrons. The van der Waals surface area contributed by atoms with Gasteiger partial charge in [-0.25, -0.2) is 0 Å². The van der Waals surface area contributed by atoms with E-state index in [-0.39, 0.29) is 11.8 Å². The third-order valence-corrected chi connectivity index (χ3v) is 2.96. The zero-order valence-corrected chi connectivity index (χ0v) is 9.34. The van der Waals surface area contributed by atoms with Gasteiger partial charge in [0.2, 0.25) is 0 Å². The normalized spacial score (nSPS) is 24.9. The summed E-state index contributed by atoms with van der Waals surface area (Å²) in [6.07, 6.45) is 0. The van der Waals surface area contributed by atoms with Gasteiger partial charge in [0.25, 0.3) is 0 Å². The van der Waals surface area contributed by atoms with Gasteiger partial charge in [0.1, 0.15) is 0 Å².